The second-order valence-corrected chi connectivity index (χ2v) is 7.83. The van der Waals surface area contributed by atoms with Gasteiger partial charge in [0.1, 0.15) is 24.2 Å². The lowest BCUT2D eigenvalue weighted by molar-refractivity contribution is 0.238. The maximum absolute atomic E-state index is 5.97. The van der Waals surface area contributed by atoms with E-state index in [1.165, 1.54) is 5.69 Å². The van der Waals surface area contributed by atoms with Crippen molar-refractivity contribution in [3.8, 4) is 11.5 Å². The van der Waals surface area contributed by atoms with E-state index in [9.17, 15) is 0 Å². The molecule has 2 heterocycles. The van der Waals surface area contributed by atoms with Crippen molar-refractivity contribution in [2.75, 3.05) is 51.3 Å². The highest BCUT2D eigenvalue weighted by Gasteiger charge is 2.17. The monoisotopic (exact) mass is 457 g/mol. The van der Waals surface area contributed by atoms with Gasteiger partial charge < -0.3 is 14.4 Å². The molecule has 1 saturated heterocycles. The highest BCUT2D eigenvalue weighted by Crippen LogP contribution is 2.22. The lowest BCUT2D eigenvalue weighted by atomic mass is 10.2. The van der Waals surface area contributed by atoms with Crippen molar-refractivity contribution >= 4 is 18.1 Å². The maximum atomic E-state index is 5.97. The molecule has 0 unspecified atom stereocenters. The van der Waals surface area contributed by atoms with Crippen LogP contribution in [0.3, 0.4) is 0 Å². The van der Waals surface area contributed by atoms with Crippen LogP contribution in [0.4, 0.5) is 5.69 Å². The number of hydrogen-bond donors (Lipinski definition) is 0. The van der Waals surface area contributed by atoms with Crippen LogP contribution in [0.15, 0.2) is 61.2 Å². The Hall–Kier alpha value is -2.77. The number of piperazine rings is 1. The lowest BCUT2D eigenvalue weighted by Crippen LogP contribution is -2.46. The second kappa shape index (κ2) is 12.3. The van der Waals surface area contributed by atoms with Crippen LogP contribution in [0.5, 0.6) is 11.5 Å². The second-order valence-electron chi connectivity index (χ2n) is 7.83. The molecule has 0 N–H and O–H groups in total. The standard InChI is InChI=1S/C24H31N5O2.ClH/c1-30-23-8-5-7-22(17-23)28-13-11-27(12-14-28)10-2-3-15-31-24-9-4-6-21(16-24)18-29-20-25-19-26-29;/h4-9,16-17,19-20H,2-3,10-15,18H2,1H3;1H. The van der Waals surface area contributed by atoms with E-state index in [2.05, 4.69) is 50.2 Å². The molecule has 4 rings (SSSR count). The SMILES string of the molecule is COc1cccc(N2CCN(CCCCOc3cccc(Cn4cncn4)c3)CC2)c1.Cl. The number of rotatable bonds is 10. The number of ether oxygens (including phenoxy) is 2. The van der Waals surface area contributed by atoms with Gasteiger partial charge in [-0.1, -0.05) is 18.2 Å². The Kier molecular flexibility index (Phi) is 9.19. The Morgan fingerprint density at radius 3 is 2.53 bits per heavy atom. The zero-order chi connectivity index (χ0) is 21.3. The summed E-state index contributed by atoms with van der Waals surface area (Å²) < 4.78 is 13.1. The predicted octanol–water partition coefficient (Wildman–Crippen LogP) is 3.74. The van der Waals surface area contributed by atoms with E-state index in [0.717, 1.165) is 69.2 Å². The highest BCUT2D eigenvalue weighted by molar-refractivity contribution is 5.85. The first kappa shape index (κ1) is 23.9. The summed E-state index contributed by atoms with van der Waals surface area (Å²) in [4.78, 5) is 8.97. The maximum Gasteiger partial charge on any atom is 0.137 e. The quantitative estimate of drug-likeness (QED) is 0.432. The zero-order valence-corrected chi connectivity index (χ0v) is 19.4. The summed E-state index contributed by atoms with van der Waals surface area (Å²) in [5, 5.41) is 4.15. The normalized spacial score (nSPS) is 14.1. The van der Waals surface area contributed by atoms with Gasteiger partial charge in [0, 0.05) is 37.9 Å². The molecule has 32 heavy (non-hydrogen) atoms. The molecule has 0 aliphatic carbocycles. The Balaban J connectivity index is 0.00000289. The van der Waals surface area contributed by atoms with Gasteiger partial charge in [-0.3, -0.25) is 4.90 Å². The molecule has 0 radical (unpaired) electrons. The van der Waals surface area contributed by atoms with E-state index in [1.807, 2.05) is 22.9 Å². The Morgan fingerprint density at radius 2 is 1.75 bits per heavy atom. The van der Waals surface area contributed by atoms with Crippen LogP contribution in [-0.2, 0) is 6.54 Å². The van der Waals surface area contributed by atoms with Gasteiger partial charge in [0.25, 0.3) is 0 Å². The molecule has 0 amide bonds. The van der Waals surface area contributed by atoms with Gasteiger partial charge >= 0.3 is 0 Å². The number of methoxy groups -OCH3 is 1. The van der Waals surface area contributed by atoms with Gasteiger partial charge in [0.2, 0.25) is 0 Å². The minimum Gasteiger partial charge on any atom is -0.497 e. The van der Waals surface area contributed by atoms with Gasteiger partial charge in [-0.15, -0.1) is 12.4 Å². The molecule has 1 fully saturated rings. The van der Waals surface area contributed by atoms with E-state index < -0.39 is 0 Å². The van der Waals surface area contributed by atoms with Gasteiger partial charge in [-0.25, -0.2) is 9.67 Å². The molecule has 0 spiro atoms. The average Bonchev–Trinajstić information content (AvgIpc) is 3.33. The molecule has 2 aromatic carbocycles. The van der Waals surface area contributed by atoms with Crippen molar-refractivity contribution in [2.45, 2.75) is 19.4 Å². The Bertz CT molecular complexity index is 930. The van der Waals surface area contributed by atoms with E-state index in [0.29, 0.717) is 6.54 Å². The average molecular weight is 458 g/mol. The first-order valence-corrected chi connectivity index (χ1v) is 11.0. The summed E-state index contributed by atoms with van der Waals surface area (Å²) >= 11 is 0. The van der Waals surface area contributed by atoms with Crippen LogP contribution in [0, 0.1) is 0 Å². The highest BCUT2D eigenvalue weighted by atomic mass is 35.5. The van der Waals surface area contributed by atoms with Crippen LogP contribution in [-0.4, -0.2) is 66.1 Å². The van der Waals surface area contributed by atoms with Crippen LogP contribution < -0.4 is 14.4 Å². The van der Waals surface area contributed by atoms with Crippen molar-refractivity contribution in [3.63, 3.8) is 0 Å². The fraction of sp³-hybridized carbons (Fsp3) is 0.417. The molecule has 172 valence electrons. The third-order valence-electron chi connectivity index (χ3n) is 5.64. The molecule has 0 bridgehead atoms. The summed E-state index contributed by atoms with van der Waals surface area (Å²) in [5.74, 6) is 1.84. The molecule has 0 saturated carbocycles. The van der Waals surface area contributed by atoms with Crippen molar-refractivity contribution in [2.24, 2.45) is 0 Å². The zero-order valence-electron chi connectivity index (χ0n) is 18.6. The fourth-order valence-corrected chi connectivity index (χ4v) is 3.90. The molecule has 3 aromatic rings. The number of anilines is 1. The van der Waals surface area contributed by atoms with Crippen molar-refractivity contribution in [1.29, 1.82) is 0 Å². The number of halogens is 1. The first-order valence-electron chi connectivity index (χ1n) is 11.0. The molecule has 0 atom stereocenters. The molecular formula is C24H32ClN5O2. The Labute approximate surface area is 196 Å². The summed E-state index contributed by atoms with van der Waals surface area (Å²) in [6.45, 7) is 6.90. The summed E-state index contributed by atoms with van der Waals surface area (Å²) in [7, 11) is 1.72. The minimum absolute atomic E-state index is 0. The van der Waals surface area contributed by atoms with Gasteiger partial charge in [0.15, 0.2) is 0 Å². The number of unbranched alkanes of at least 4 members (excludes halogenated alkanes) is 1. The van der Waals surface area contributed by atoms with Gasteiger partial charge in [-0.05, 0) is 49.2 Å². The molecule has 7 nitrogen and oxygen atoms in total. The molecular weight excluding hydrogens is 426 g/mol. The van der Waals surface area contributed by atoms with Crippen molar-refractivity contribution < 1.29 is 9.47 Å². The van der Waals surface area contributed by atoms with E-state index in [-0.39, 0.29) is 12.4 Å². The van der Waals surface area contributed by atoms with E-state index in [1.54, 1.807) is 19.8 Å². The van der Waals surface area contributed by atoms with Crippen molar-refractivity contribution in [3.05, 3.63) is 66.7 Å². The molecule has 1 aromatic heterocycles. The summed E-state index contributed by atoms with van der Waals surface area (Å²) in [6.07, 6.45) is 5.49. The fourth-order valence-electron chi connectivity index (χ4n) is 3.90. The molecule has 8 heteroatoms. The van der Waals surface area contributed by atoms with E-state index >= 15 is 0 Å². The lowest BCUT2D eigenvalue weighted by Gasteiger charge is -2.36. The summed E-state index contributed by atoms with van der Waals surface area (Å²) in [6, 6.07) is 16.6. The predicted molar refractivity (Wildman–Crippen MR) is 129 cm³/mol. The first-order chi connectivity index (χ1) is 15.3. The number of nitrogens with zero attached hydrogens (tertiary/aromatic N) is 5. The smallest absolute Gasteiger partial charge is 0.137 e. The largest absolute Gasteiger partial charge is 0.497 e. The van der Waals surface area contributed by atoms with E-state index in [4.69, 9.17) is 9.47 Å². The van der Waals surface area contributed by atoms with Crippen LogP contribution in [0.2, 0.25) is 0 Å². The van der Waals surface area contributed by atoms with Crippen LogP contribution in [0.25, 0.3) is 0 Å². The number of benzene rings is 2. The third kappa shape index (κ3) is 6.87. The van der Waals surface area contributed by atoms with Crippen LogP contribution in [0.1, 0.15) is 18.4 Å². The van der Waals surface area contributed by atoms with Crippen LogP contribution >= 0.6 is 12.4 Å². The Morgan fingerprint density at radius 1 is 0.938 bits per heavy atom. The number of hydrogen-bond acceptors (Lipinski definition) is 6. The molecule has 1 aliphatic heterocycles. The van der Waals surface area contributed by atoms with Gasteiger partial charge in [0.05, 0.1) is 20.3 Å². The minimum atomic E-state index is 0. The molecule has 1 aliphatic rings. The number of aromatic nitrogens is 3. The third-order valence-corrected chi connectivity index (χ3v) is 5.64. The topological polar surface area (TPSA) is 55.7 Å². The van der Waals surface area contributed by atoms with Gasteiger partial charge in [-0.2, -0.15) is 5.10 Å². The van der Waals surface area contributed by atoms with Crippen molar-refractivity contribution in [1.82, 2.24) is 19.7 Å². The summed E-state index contributed by atoms with van der Waals surface area (Å²) in [5.41, 5.74) is 2.41.